The van der Waals surface area contributed by atoms with Crippen LogP contribution < -0.4 is 5.32 Å². The first-order chi connectivity index (χ1) is 10.5. The summed E-state index contributed by atoms with van der Waals surface area (Å²) in [6.45, 7) is 9.99. The highest BCUT2D eigenvalue weighted by molar-refractivity contribution is 5.48. The lowest BCUT2D eigenvalue weighted by molar-refractivity contribution is 0.276. The summed E-state index contributed by atoms with van der Waals surface area (Å²) >= 11 is 0. The molecule has 0 amide bonds. The summed E-state index contributed by atoms with van der Waals surface area (Å²) in [6.07, 6.45) is 1.73. The predicted molar refractivity (Wildman–Crippen MR) is 88.9 cm³/mol. The molecule has 0 aliphatic rings. The molecule has 1 heterocycles. The van der Waals surface area contributed by atoms with Crippen molar-refractivity contribution in [3.8, 4) is 5.69 Å². The SMILES string of the molecule is CC(C)C(CNc1ccc(-n2cc(CO)nn2)cc1)C(C)C. The van der Waals surface area contributed by atoms with Crippen LogP contribution in [0.4, 0.5) is 5.69 Å². The van der Waals surface area contributed by atoms with Crippen LogP contribution in [0.25, 0.3) is 5.69 Å². The lowest BCUT2D eigenvalue weighted by atomic mass is 9.85. The van der Waals surface area contributed by atoms with Crippen LogP contribution >= 0.6 is 0 Å². The van der Waals surface area contributed by atoms with Crippen LogP contribution in [0.5, 0.6) is 0 Å². The third-order valence-corrected chi connectivity index (χ3v) is 4.09. The number of nitrogens with zero attached hydrogens (tertiary/aromatic N) is 3. The molecule has 120 valence electrons. The van der Waals surface area contributed by atoms with Crippen molar-refractivity contribution in [2.24, 2.45) is 17.8 Å². The first kappa shape index (κ1) is 16.5. The first-order valence-corrected chi connectivity index (χ1v) is 7.87. The lowest BCUT2D eigenvalue weighted by Crippen LogP contribution is -2.24. The fourth-order valence-corrected chi connectivity index (χ4v) is 2.71. The van der Waals surface area contributed by atoms with Gasteiger partial charge in [0.2, 0.25) is 0 Å². The Morgan fingerprint density at radius 1 is 1.09 bits per heavy atom. The van der Waals surface area contributed by atoms with Crippen molar-refractivity contribution >= 4 is 5.69 Å². The minimum absolute atomic E-state index is 0.0918. The van der Waals surface area contributed by atoms with Gasteiger partial charge in [-0.15, -0.1) is 5.10 Å². The maximum Gasteiger partial charge on any atom is 0.109 e. The molecule has 2 N–H and O–H groups in total. The number of hydrogen-bond donors (Lipinski definition) is 2. The highest BCUT2D eigenvalue weighted by Gasteiger charge is 2.16. The fraction of sp³-hybridized carbons (Fsp3) is 0.529. The standard InChI is InChI=1S/C17H26N4O/c1-12(2)17(13(3)4)9-18-14-5-7-16(8-6-14)21-10-15(11-22)19-20-21/h5-8,10,12-13,17-18,22H,9,11H2,1-4H3. The Kier molecular flexibility index (Phi) is 5.55. The van der Waals surface area contributed by atoms with E-state index in [9.17, 15) is 0 Å². The monoisotopic (exact) mass is 302 g/mol. The highest BCUT2D eigenvalue weighted by atomic mass is 16.3. The molecular weight excluding hydrogens is 276 g/mol. The van der Waals surface area contributed by atoms with E-state index in [0.29, 0.717) is 23.4 Å². The molecule has 0 atom stereocenters. The largest absolute Gasteiger partial charge is 0.390 e. The predicted octanol–water partition coefficient (Wildman–Crippen LogP) is 3.10. The van der Waals surface area contributed by atoms with Gasteiger partial charge in [-0.25, -0.2) is 4.68 Å². The van der Waals surface area contributed by atoms with Gasteiger partial charge >= 0.3 is 0 Å². The molecule has 5 heteroatoms. The molecule has 1 aromatic carbocycles. The Morgan fingerprint density at radius 2 is 1.73 bits per heavy atom. The maximum atomic E-state index is 9.03. The zero-order valence-corrected chi connectivity index (χ0v) is 13.8. The van der Waals surface area contributed by atoms with Gasteiger partial charge in [0.1, 0.15) is 5.69 Å². The molecule has 0 radical (unpaired) electrons. The number of nitrogens with one attached hydrogen (secondary N) is 1. The van der Waals surface area contributed by atoms with E-state index in [2.05, 4.69) is 43.3 Å². The van der Waals surface area contributed by atoms with Crippen LogP contribution in [0.15, 0.2) is 30.5 Å². The third kappa shape index (κ3) is 4.07. The zero-order chi connectivity index (χ0) is 16.1. The Bertz CT molecular complexity index is 567. The minimum Gasteiger partial charge on any atom is -0.390 e. The fourth-order valence-electron chi connectivity index (χ4n) is 2.71. The van der Waals surface area contributed by atoms with Crippen molar-refractivity contribution in [3.05, 3.63) is 36.2 Å². The molecule has 2 aromatic rings. The lowest BCUT2D eigenvalue weighted by Gasteiger charge is -2.25. The number of aliphatic hydroxyl groups excluding tert-OH is 1. The van der Waals surface area contributed by atoms with E-state index >= 15 is 0 Å². The molecule has 0 bridgehead atoms. The second kappa shape index (κ2) is 7.40. The van der Waals surface area contributed by atoms with Crippen molar-refractivity contribution in [2.45, 2.75) is 34.3 Å². The molecule has 5 nitrogen and oxygen atoms in total. The van der Waals surface area contributed by atoms with E-state index in [1.165, 1.54) is 0 Å². The Balaban J connectivity index is 2.00. The number of hydrogen-bond acceptors (Lipinski definition) is 4. The number of aromatic nitrogens is 3. The molecular formula is C17H26N4O. The summed E-state index contributed by atoms with van der Waals surface area (Å²) in [6, 6.07) is 8.09. The summed E-state index contributed by atoms with van der Waals surface area (Å²) in [4.78, 5) is 0. The van der Waals surface area contributed by atoms with Gasteiger partial charge in [0.15, 0.2) is 0 Å². The van der Waals surface area contributed by atoms with Crippen molar-refractivity contribution in [1.29, 1.82) is 0 Å². The van der Waals surface area contributed by atoms with E-state index in [4.69, 9.17) is 5.11 Å². The summed E-state index contributed by atoms with van der Waals surface area (Å²) < 4.78 is 1.67. The molecule has 0 saturated heterocycles. The molecule has 1 aromatic heterocycles. The van der Waals surface area contributed by atoms with Crippen molar-refractivity contribution in [3.63, 3.8) is 0 Å². The summed E-state index contributed by atoms with van der Waals surface area (Å²) in [5, 5.41) is 20.4. The van der Waals surface area contributed by atoms with Gasteiger partial charge in [0, 0.05) is 12.2 Å². The number of benzene rings is 1. The third-order valence-electron chi connectivity index (χ3n) is 4.09. The van der Waals surface area contributed by atoms with Crippen LogP contribution in [-0.2, 0) is 6.61 Å². The van der Waals surface area contributed by atoms with Gasteiger partial charge in [-0.2, -0.15) is 0 Å². The van der Waals surface area contributed by atoms with Gasteiger partial charge in [-0.1, -0.05) is 32.9 Å². The summed E-state index contributed by atoms with van der Waals surface area (Å²) in [7, 11) is 0. The second-order valence-corrected chi connectivity index (χ2v) is 6.39. The van der Waals surface area contributed by atoms with E-state index < -0.39 is 0 Å². The van der Waals surface area contributed by atoms with E-state index in [1.807, 2.05) is 24.3 Å². The van der Waals surface area contributed by atoms with Crippen LogP contribution in [0, 0.1) is 17.8 Å². The Labute approximate surface area is 132 Å². The number of anilines is 1. The van der Waals surface area contributed by atoms with Gasteiger partial charge in [0.25, 0.3) is 0 Å². The zero-order valence-electron chi connectivity index (χ0n) is 13.8. The molecule has 0 spiro atoms. The van der Waals surface area contributed by atoms with Gasteiger partial charge in [0.05, 0.1) is 18.5 Å². The topological polar surface area (TPSA) is 63.0 Å². The summed E-state index contributed by atoms with van der Waals surface area (Å²) in [5.41, 5.74) is 2.61. The Morgan fingerprint density at radius 3 is 2.23 bits per heavy atom. The normalized spacial score (nSPS) is 11.6. The van der Waals surface area contributed by atoms with Gasteiger partial charge in [-0.05, 0) is 42.0 Å². The minimum atomic E-state index is -0.0918. The average Bonchev–Trinajstić information content (AvgIpc) is 2.96. The molecule has 0 saturated carbocycles. The maximum absolute atomic E-state index is 9.03. The average molecular weight is 302 g/mol. The van der Waals surface area contributed by atoms with E-state index in [0.717, 1.165) is 17.9 Å². The molecule has 0 aliphatic heterocycles. The van der Waals surface area contributed by atoms with Gasteiger partial charge < -0.3 is 10.4 Å². The second-order valence-electron chi connectivity index (χ2n) is 6.39. The molecule has 0 unspecified atom stereocenters. The number of aliphatic hydroxyl groups is 1. The highest BCUT2D eigenvalue weighted by Crippen LogP contribution is 2.21. The summed E-state index contributed by atoms with van der Waals surface area (Å²) in [5.74, 6) is 1.99. The van der Waals surface area contributed by atoms with Crippen LogP contribution in [0.3, 0.4) is 0 Å². The first-order valence-electron chi connectivity index (χ1n) is 7.87. The number of rotatable bonds is 7. The van der Waals surface area contributed by atoms with Crippen LogP contribution in [0.2, 0.25) is 0 Å². The van der Waals surface area contributed by atoms with E-state index in [-0.39, 0.29) is 6.61 Å². The van der Waals surface area contributed by atoms with Crippen molar-refractivity contribution < 1.29 is 5.11 Å². The van der Waals surface area contributed by atoms with Crippen LogP contribution in [0.1, 0.15) is 33.4 Å². The van der Waals surface area contributed by atoms with Crippen molar-refractivity contribution in [1.82, 2.24) is 15.0 Å². The molecule has 2 rings (SSSR count). The van der Waals surface area contributed by atoms with E-state index in [1.54, 1.807) is 10.9 Å². The van der Waals surface area contributed by atoms with Gasteiger partial charge in [-0.3, -0.25) is 0 Å². The smallest absolute Gasteiger partial charge is 0.109 e. The molecule has 0 fully saturated rings. The molecule has 22 heavy (non-hydrogen) atoms. The van der Waals surface area contributed by atoms with Crippen LogP contribution in [-0.4, -0.2) is 26.6 Å². The quantitative estimate of drug-likeness (QED) is 0.825. The molecule has 0 aliphatic carbocycles. The van der Waals surface area contributed by atoms with Crippen molar-refractivity contribution in [2.75, 3.05) is 11.9 Å². The Hall–Kier alpha value is -1.88.